The fraction of sp³-hybridized carbons (Fsp3) is 0.833. The van der Waals surface area contributed by atoms with Crippen LogP contribution in [0.15, 0.2) is 0 Å². The van der Waals surface area contributed by atoms with Gasteiger partial charge in [-0.05, 0) is 19.4 Å². The molecule has 0 aliphatic rings. The first-order valence-electron chi connectivity index (χ1n) is 10.3. The predicted octanol–water partition coefficient (Wildman–Crippen LogP) is -10.1. The van der Waals surface area contributed by atoms with E-state index in [4.69, 9.17) is 67.6 Å². The summed E-state index contributed by atoms with van der Waals surface area (Å²) in [6.45, 7) is -1.12. The second-order valence-electron chi connectivity index (χ2n) is 7.22. The van der Waals surface area contributed by atoms with Crippen LogP contribution in [0.3, 0.4) is 0 Å². The Morgan fingerprint density at radius 1 is 0.684 bits per heavy atom. The molecule has 38 heavy (non-hydrogen) atoms. The van der Waals surface area contributed by atoms with E-state index < -0.39 is 86.0 Å². The third-order valence-corrected chi connectivity index (χ3v) is 4.28. The summed E-state index contributed by atoms with van der Waals surface area (Å²) in [7, 11) is 0. The molecule has 0 aliphatic carbocycles. The summed E-state index contributed by atoms with van der Waals surface area (Å²) < 4.78 is 0. The summed E-state index contributed by atoms with van der Waals surface area (Å²) >= 11 is 0. The van der Waals surface area contributed by atoms with Gasteiger partial charge >= 0.3 is 43.7 Å². The van der Waals surface area contributed by atoms with Crippen LogP contribution in [-0.2, 0) is 14.4 Å². The average Bonchev–Trinajstić information content (AvgIpc) is 2.85. The van der Waals surface area contributed by atoms with Crippen molar-refractivity contribution in [3.05, 3.63) is 0 Å². The summed E-state index contributed by atoms with van der Waals surface area (Å²) in [6.07, 6.45) is -14.0. The molecule has 0 aromatic rings. The van der Waals surface area contributed by atoms with Crippen molar-refractivity contribution < 1.29 is 80.8 Å². The number of carboxylic acid groups (broad SMARTS) is 3. The third kappa shape index (κ3) is 21.3. The van der Waals surface area contributed by atoms with Crippen molar-refractivity contribution in [3.8, 4) is 0 Å². The Bertz CT molecular complexity index is 587. The number of hydrogen-bond acceptors (Lipinski definition) is 17. The van der Waals surface area contributed by atoms with Gasteiger partial charge in [0.05, 0.1) is 25.2 Å². The first kappa shape index (κ1) is 47.3. The Hall–Kier alpha value is -0.520. The maximum atomic E-state index is 10.1. The maximum Gasteiger partial charge on any atom is 2.00 e. The molecule has 0 fully saturated rings. The summed E-state index contributed by atoms with van der Waals surface area (Å²) in [4.78, 5) is 30.1. The minimum Gasteiger partial charge on any atom is -0.547 e. The van der Waals surface area contributed by atoms with Crippen LogP contribution in [0, 0.1) is 0 Å². The van der Waals surface area contributed by atoms with Crippen LogP contribution in [0.5, 0.6) is 0 Å². The number of hydrogen-bond donors (Lipinski definition) is 13. The van der Waals surface area contributed by atoms with Gasteiger partial charge in [-0.15, -0.1) is 12.4 Å². The van der Waals surface area contributed by atoms with Gasteiger partial charge in [-0.1, -0.05) is 6.42 Å². The zero-order chi connectivity index (χ0) is 29.2. The number of rotatable bonds is 15. The first-order chi connectivity index (χ1) is 16.5. The van der Waals surface area contributed by atoms with E-state index in [0.717, 1.165) is 12.8 Å². The largest absolute Gasteiger partial charge is 2.00 e. The quantitative estimate of drug-likeness (QED) is 0.0602. The molecule has 20 heteroatoms. The van der Waals surface area contributed by atoms with Gasteiger partial charge < -0.3 is 87.4 Å². The minimum atomic E-state index is -2.31. The maximum absolute atomic E-state index is 10.1. The zero-order valence-electron chi connectivity index (χ0n) is 20.2. The van der Waals surface area contributed by atoms with E-state index in [2.05, 4.69) is 0 Å². The number of carbonyl (C=O) groups excluding carboxylic acids is 2. The Kier molecular flexibility index (Phi) is 33.2. The fourth-order valence-electron chi connectivity index (χ4n) is 1.96. The molecule has 9 atom stereocenters. The van der Waals surface area contributed by atoms with Crippen LogP contribution in [0.4, 0.5) is 0 Å². The van der Waals surface area contributed by atoms with Crippen molar-refractivity contribution in [2.45, 2.75) is 74.1 Å². The number of aliphatic hydroxyl groups is 10. The number of carbonyl (C=O) groups is 3. The van der Waals surface area contributed by atoms with Crippen molar-refractivity contribution in [1.82, 2.24) is 0 Å². The number of aliphatic hydroxyl groups excluding tert-OH is 10. The van der Waals surface area contributed by atoms with E-state index in [9.17, 15) is 24.6 Å². The van der Waals surface area contributed by atoms with E-state index in [1.165, 1.54) is 0 Å². The SMILES string of the molecule is Cl.NCCCCC(N)C(=O)O.O=C([O-])C(O)C(O)C(O)C(O)CO.O=C([O-])C(O)C(O)C(O)C(O)CO.[Ca+2]. The van der Waals surface area contributed by atoms with E-state index >= 15 is 0 Å². The predicted molar refractivity (Wildman–Crippen MR) is 124 cm³/mol. The number of aliphatic carboxylic acids is 3. The fourth-order valence-corrected chi connectivity index (χ4v) is 1.96. The van der Waals surface area contributed by atoms with Gasteiger partial charge in [-0.25, -0.2) is 0 Å². The van der Waals surface area contributed by atoms with Gasteiger partial charge in [0.25, 0.3) is 0 Å². The van der Waals surface area contributed by atoms with E-state index in [0.29, 0.717) is 13.0 Å². The zero-order valence-corrected chi connectivity index (χ0v) is 23.2. The van der Waals surface area contributed by atoms with Crippen molar-refractivity contribution in [2.24, 2.45) is 11.5 Å². The third-order valence-electron chi connectivity index (χ3n) is 4.28. The molecule has 0 aliphatic heterocycles. The van der Waals surface area contributed by atoms with Crippen LogP contribution in [0.1, 0.15) is 19.3 Å². The van der Waals surface area contributed by atoms with Gasteiger partial charge in [0, 0.05) is 0 Å². The number of nitrogens with two attached hydrogens (primary N) is 2. The molecule has 15 N–H and O–H groups in total. The molecule has 0 heterocycles. The van der Waals surface area contributed by atoms with Gasteiger partial charge in [0.15, 0.2) is 0 Å². The van der Waals surface area contributed by atoms with Crippen LogP contribution in [-0.4, -0.2) is 186 Å². The molecule has 0 amide bonds. The van der Waals surface area contributed by atoms with E-state index in [-0.39, 0.29) is 50.1 Å². The van der Waals surface area contributed by atoms with Crippen molar-refractivity contribution >= 4 is 68.1 Å². The molecule has 9 unspecified atom stereocenters. The van der Waals surface area contributed by atoms with E-state index in [1.807, 2.05) is 0 Å². The normalized spacial score (nSPS) is 17.4. The number of carboxylic acids is 3. The number of halogens is 1. The molecule has 224 valence electrons. The standard InChI is InChI=1S/C6H14N2O2.2C6H12O7.Ca.ClH/c7-4-2-1-3-5(8)6(9)10;2*7-1-2(8)3(9)4(10)5(11)6(12)13;;/h5H,1-4,7-8H2,(H,9,10);2*2-5,7-11H,1H2,(H,12,13);;1H/q;;;+2;/p-2. The molecule has 0 aromatic heterocycles. The molecule has 0 spiro atoms. The van der Waals surface area contributed by atoms with Crippen molar-refractivity contribution in [2.75, 3.05) is 19.8 Å². The Morgan fingerprint density at radius 3 is 1.21 bits per heavy atom. The molecular weight excluding hydrogens is 576 g/mol. The average molecular weight is 613 g/mol. The second-order valence-corrected chi connectivity index (χ2v) is 7.22. The number of unbranched alkanes of at least 4 members (excludes halogenated alkanes) is 1. The Balaban J connectivity index is -0.000000141. The van der Waals surface area contributed by atoms with Crippen molar-refractivity contribution in [3.63, 3.8) is 0 Å². The van der Waals surface area contributed by atoms with Gasteiger partial charge in [0.1, 0.15) is 54.9 Å². The first-order valence-corrected chi connectivity index (χ1v) is 10.3. The molecular formula is C18H37CaClN2O16. The Labute approximate surface area is 253 Å². The van der Waals surface area contributed by atoms with E-state index in [1.54, 1.807) is 0 Å². The van der Waals surface area contributed by atoms with Gasteiger partial charge in [-0.2, -0.15) is 0 Å². The van der Waals surface area contributed by atoms with Gasteiger partial charge in [-0.3, -0.25) is 4.79 Å². The molecule has 0 saturated heterocycles. The van der Waals surface area contributed by atoms with Crippen LogP contribution in [0.2, 0.25) is 0 Å². The summed E-state index contributed by atoms with van der Waals surface area (Å²) in [6, 6.07) is -0.716. The molecule has 0 rings (SSSR count). The minimum absolute atomic E-state index is 0. The molecule has 0 saturated carbocycles. The second kappa shape index (κ2) is 26.7. The summed E-state index contributed by atoms with van der Waals surface area (Å²) in [5, 5.41) is 115. The molecule has 0 radical (unpaired) electrons. The van der Waals surface area contributed by atoms with Gasteiger partial charge in [0.2, 0.25) is 0 Å². The monoisotopic (exact) mass is 612 g/mol. The van der Waals surface area contributed by atoms with Crippen molar-refractivity contribution in [1.29, 1.82) is 0 Å². The molecule has 18 nitrogen and oxygen atoms in total. The molecule has 0 bridgehead atoms. The van der Waals surface area contributed by atoms with Crippen LogP contribution in [0.25, 0.3) is 0 Å². The summed E-state index contributed by atoms with van der Waals surface area (Å²) in [5.41, 5.74) is 10.4. The smallest absolute Gasteiger partial charge is 0.547 e. The molecule has 0 aromatic carbocycles. The van der Waals surface area contributed by atoms with Crippen LogP contribution >= 0.6 is 12.4 Å². The topological polar surface area (TPSA) is 372 Å². The summed E-state index contributed by atoms with van der Waals surface area (Å²) in [5.74, 6) is -4.88. The Morgan fingerprint density at radius 2 is 1.00 bits per heavy atom. The van der Waals surface area contributed by atoms with Crippen LogP contribution < -0.4 is 21.7 Å².